The van der Waals surface area contributed by atoms with Crippen LogP contribution in [0.15, 0.2) is 73.1 Å². The van der Waals surface area contributed by atoms with Gasteiger partial charge in [0.05, 0.1) is 12.4 Å². The van der Waals surface area contributed by atoms with Crippen LogP contribution in [0.5, 0.6) is 0 Å². The van der Waals surface area contributed by atoms with Crippen molar-refractivity contribution in [3.05, 3.63) is 73.1 Å². The molecule has 0 spiro atoms. The molecule has 0 amide bonds. The Morgan fingerprint density at radius 2 is 1.04 bits per heavy atom. The van der Waals surface area contributed by atoms with E-state index in [1.165, 1.54) is 0 Å². The van der Waals surface area contributed by atoms with Crippen LogP contribution in [-0.4, -0.2) is 30.0 Å². The average Bonchev–Trinajstić information content (AvgIpc) is 3.27. The Bertz CT molecular complexity index is 819. The van der Waals surface area contributed by atoms with Gasteiger partial charge in [0.2, 0.25) is 0 Å². The predicted molar refractivity (Wildman–Crippen MR) is 86.3 cm³/mol. The summed E-state index contributed by atoms with van der Waals surface area (Å²) in [4.78, 5) is 0. The van der Waals surface area contributed by atoms with E-state index in [-0.39, 0.29) is 0 Å². The number of aromatic nitrogens is 6. The summed E-state index contributed by atoms with van der Waals surface area (Å²) in [6, 6.07) is 19.9. The topological polar surface area (TPSA) is 61.4 Å². The van der Waals surface area contributed by atoms with Gasteiger partial charge < -0.3 is 0 Å². The molecular weight excluding hydrogens is 288 g/mol. The molecular formula is C17H14N6. The van der Waals surface area contributed by atoms with Crippen LogP contribution in [0, 0.1) is 0 Å². The minimum Gasteiger partial charge on any atom is -0.230 e. The maximum absolute atomic E-state index is 4.20. The van der Waals surface area contributed by atoms with Crippen LogP contribution < -0.4 is 0 Å². The Morgan fingerprint density at radius 1 is 0.609 bits per heavy atom. The number of hydrogen-bond acceptors (Lipinski definition) is 4. The summed E-state index contributed by atoms with van der Waals surface area (Å²) >= 11 is 0. The normalized spacial score (nSPS) is 10.8. The minimum atomic E-state index is 0.472. The number of rotatable bonds is 4. The summed E-state index contributed by atoms with van der Waals surface area (Å²) in [7, 11) is 0. The second kappa shape index (κ2) is 5.84. The molecule has 2 aromatic heterocycles. The van der Waals surface area contributed by atoms with Crippen LogP contribution in [0.3, 0.4) is 0 Å². The summed E-state index contributed by atoms with van der Waals surface area (Å²) in [6.45, 7) is 0.472. The van der Waals surface area contributed by atoms with Crippen LogP contribution in [0.1, 0.15) is 0 Å². The molecule has 0 atom stereocenters. The van der Waals surface area contributed by atoms with Crippen molar-refractivity contribution in [2.24, 2.45) is 0 Å². The van der Waals surface area contributed by atoms with Gasteiger partial charge in [0.15, 0.2) is 0 Å². The third kappa shape index (κ3) is 2.87. The Kier molecular flexibility index (Phi) is 3.40. The fourth-order valence-electron chi connectivity index (χ4n) is 2.37. The van der Waals surface area contributed by atoms with Crippen molar-refractivity contribution in [3.63, 3.8) is 0 Å². The van der Waals surface area contributed by atoms with E-state index in [2.05, 4.69) is 20.6 Å². The lowest BCUT2D eigenvalue weighted by Gasteiger charge is -1.98. The first kappa shape index (κ1) is 13.4. The lowest BCUT2D eigenvalue weighted by atomic mass is 10.2. The van der Waals surface area contributed by atoms with E-state index in [4.69, 9.17) is 0 Å². The van der Waals surface area contributed by atoms with E-state index >= 15 is 0 Å². The standard InChI is InChI=1S/C17H14N6/c1-3-7-14(8-4-1)16-11-22(20-18-16)13-23-12-17(19-21-23)15-9-5-2-6-10-15/h1-12H,13H2. The SMILES string of the molecule is c1ccc(-c2cn(Cn3cc(-c4ccccc4)nn3)nn2)cc1. The smallest absolute Gasteiger partial charge is 0.136 e. The summed E-state index contributed by atoms with van der Waals surface area (Å²) in [5, 5.41) is 16.7. The van der Waals surface area contributed by atoms with Gasteiger partial charge in [0.1, 0.15) is 18.1 Å². The lowest BCUT2D eigenvalue weighted by Crippen LogP contribution is -2.09. The maximum atomic E-state index is 4.20. The predicted octanol–water partition coefficient (Wildman–Crippen LogP) is 2.71. The first-order valence-corrected chi connectivity index (χ1v) is 7.29. The van der Waals surface area contributed by atoms with Gasteiger partial charge in [0.25, 0.3) is 0 Å². The maximum Gasteiger partial charge on any atom is 0.136 e. The highest BCUT2D eigenvalue weighted by Crippen LogP contribution is 2.16. The highest BCUT2D eigenvalue weighted by Gasteiger charge is 2.06. The van der Waals surface area contributed by atoms with Crippen molar-refractivity contribution < 1.29 is 0 Å². The minimum absolute atomic E-state index is 0.472. The zero-order chi connectivity index (χ0) is 15.5. The first-order chi connectivity index (χ1) is 11.4. The second-order valence-corrected chi connectivity index (χ2v) is 5.16. The monoisotopic (exact) mass is 302 g/mol. The molecule has 0 fully saturated rings. The highest BCUT2D eigenvalue weighted by atomic mass is 15.5. The average molecular weight is 302 g/mol. The molecule has 2 heterocycles. The molecule has 0 aliphatic carbocycles. The van der Waals surface area contributed by atoms with Crippen molar-refractivity contribution in [2.75, 3.05) is 0 Å². The van der Waals surface area contributed by atoms with Gasteiger partial charge >= 0.3 is 0 Å². The third-order valence-corrected chi connectivity index (χ3v) is 3.51. The molecule has 4 rings (SSSR count). The van der Waals surface area contributed by atoms with Gasteiger partial charge in [-0.3, -0.25) is 0 Å². The molecule has 6 heteroatoms. The molecule has 0 aliphatic heterocycles. The van der Waals surface area contributed by atoms with Crippen molar-refractivity contribution in [1.29, 1.82) is 0 Å². The number of hydrogen-bond donors (Lipinski definition) is 0. The van der Waals surface area contributed by atoms with Crippen molar-refractivity contribution in [3.8, 4) is 22.5 Å². The largest absolute Gasteiger partial charge is 0.230 e. The van der Waals surface area contributed by atoms with Crippen LogP contribution in [0.4, 0.5) is 0 Å². The Labute approximate surface area is 133 Å². The molecule has 0 aliphatic rings. The molecule has 0 N–H and O–H groups in total. The van der Waals surface area contributed by atoms with Crippen LogP contribution in [0.25, 0.3) is 22.5 Å². The van der Waals surface area contributed by atoms with Gasteiger partial charge in [-0.05, 0) is 0 Å². The van der Waals surface area contributed by atoms with Crippen molar-refractivity contribution in [1.82, 2.24) is 30.0 Å². The fourth-order valence-corrected chi connectivity index (χ4v) is 2.37. The summed E-state index contributed by atoms with van der Waals surface area (Å²) in [5.74, 6) is 0. The van der Waals surface area contributed by atoms with E-state index in [9.17, 15) is 0 Å². The van der Waals surface area contributed by atoms with E-state index in [1.54, 1.807) is 9.36 Å². The quantitative estimate of drug-likeness (QED) is 0.581. The van der Waals surface area contributed by atoms with Gasteiger partial charge in [-0.1, -0.05) is 71.1 Å². The zero-order valence-electron chi connectivity index (χ0n) is 12.3. The summed E-state index contributed by atoms with van der Waals surface area (Å²) in [6.07, 6.45) is 3.80. The number of benzene rings is 2. The molecule has 0 unspecified atom stereocenters. The molecule has 0 radical (unpaired) electrons. The third-order valence-electron chi connectivity index (χ3n) is 3.51. The van der Waals surface area contributed by atoms with Crippen molar-refractivity contribution in [2.45, 2.75) is 6.67 Å². The van der Waals surface area contributed by atoms with Crippen molar-refractivity contribution >= 4 is 0 Å². The first-order valence-electron chi connectivity index (χ1n) is 7.29. The Morgan fingerprint density at radius 3 is 1.48 bits per heavy atom. The van der Waals surface area contributed by atoms with Crippen LogP contribution >= 0.6 is 0 Å². The Hall–Kier alpha value is -3.28. The van der Waals surface area contributed by atoms with E-state index in [1.807, 2.05) is 73.1 Å². The number of nitrogens with zero attached hydrogens (tertiary/aromatic N) is 6. The molecule has 0 saturated carbocycles. The molecule has 0 bridgehead atoms. The fraction of sp³-hybridized carbons (Fsp3) is 0.0588. The van der Waals surface area contributed by atoms with Crippen LogP contribution in [0.2, 0.25) is 0 Å². The summed E-state index contributed by atoms with van der Waals surface area (Å²) < 4.78 is 3.48. The van der Waals surface area contributed by atoms with E-state index in [0.29, 0.717) is 6.67 Å². The zero-order valence-corrected chi connectivity index (χ0v) is 12.3. The van der Waals surface area contributed by atoms with E-state index < -0.39 is 0 Å². The molecule has 4 aromatic rings. The molecule has 0 saturated heterocycles. The highest BCUT2D eigenvalue weighted by molar-refractivity contribution is 5.57. The molecule has 2 aromatic carbocycles. The lowest BCUT2D eigenvalue weighted by molar-refractivity contribution is 0.478. The Balaban J connectivity index is 1.53. The molecule has 112 valence electrons. The van der Waals surface area contributed by atoms with Gasteiger partial charge in [-0.25, -0.2) is 9.36 Å². The van der Waals surface area contributed by atoms with Gasteiger partial charge in [0, 0.05) is 11.1 Å². The van der Waals surface area contributed by atoms with Gasteiger partial charge in [-0.15, -0.1) is 10.2 Å². The second-order valence-electron chi connectivity index (χ2n) is 5.16. The van der Waals surface area contributed by atoms with Gasteiger partial charge in [-0.2, -0.15) is 0 Å². The molecule has 6 nitrogen and oxygen atoms in total. The summed E-state index contributed by atoms with van der Waals surface area (Å²) in [5.41, 5.74) is 3.77. The molecule has 23 heavy (non-hydrogen) atoms. The van der Waals surface area contributed by atoms with Crippen LogP contribution in [-0.2, 0) is 6.67 Å². The van der Waals surface area contributed by atoms with E-state index in [0.717, 1.165) is 22.5 Å².